The first kappa shape index (κ1) is 13.1. The largest absolute Gasteiger partial charge is 0.464 e. The summed E-state index contributed by atoms with van der Waals surface area (Å²) in [7, 11) is 0. The Kier molecular flexibility index (Phi) is 3.40. The highest BCUT2D eigenvalue weighted by atomic mass is 79.9. The van der Waals surface area contributed by atoms with Gasteiger partial charge in [-0.05, 0) is 33.6 Å². The number of Topliss-reactive ketones (excluding diaryl/α,β-unsaturated/α-hetero) is 1. The number of carbonyl (C=O) groups is 1. The molecule has 0 aliphatic heterocycles. The molecule has 0 bridgehead atoms. The van der Waals surface area contributed by atoms with Gasteiger partial charge in [0, 0.05) is 11.8 Å². The Morgan fingerprint density at radius 3 is 2.80 bits per heavy atom. The van der Waals surface area contributed by atoms with Crippen LogP contribution < -0.4 is 0 Å². The Labute approximate surface area is 123 Å². The van der Waals surface area contributed by atoms with Crippen LogP contribution in [-0.4, -0.2) is 5.78 Å². The minimum atomic E-state index is -0.368. The SMILES string of the molecule is O=C(Cc1cccc(F)c1Br)c1coc2ccccc12. The topological polar surface area (TPSA) is 30.2 Å². The van der Waals surface area contributed by atoms with E-state index in [2.05, 4.69) is 15.9 Å². The number of hydrogen-bond donors (Lipinski definition) is 0. The van der Waals surface area contributed by atoms with Gasteiger partial charge >= 0.3 is 0 Å². The Morgan fingerprint density at radius 1 is 1.15 bits per heavy atom. The normalized spacial score (nSPS) is 10.9. The number of hydrogen-bond acceptors (Lipinski definition) is 2. The number of rotatable bonds is 3. The number of ketones is 1. The fourth-order valence-electron chi connectivity index (χ4n) is 2.15. The lowest BCUT2D eigenvalue weighted by Gasteiger charge is -2.04. The molecule has 0 aliphatic carbocycles. The van der Waals surface area contributed by atoms with Gasteiger partial charge in [-0.2, -0.15) is 0 Å². The van der Waals surface area contributed by atoms with Gasteiger partial charge < -0.3 is 4.42 Å². The van der Waals surface area contributed by atoms with Gasteiger partial charge in [-0.1, -0.05) is 30.3 Å². The van der Waals surface area contributed by atoms with E-state index in [0.29, 0.717) is 21.2 Å². The van der Waals surface area contributed by atoms with E-state index in [4.69, 9.17) is 4.42 Å². The van der Waals surface area contributed by atoms with Gasteiger partial charge in [0.15, 0.2) is 5.78 Å². The van der Waals surface area contributed by atoms with E-state index in [1.54, 1.807) is 12.1 Å². The van der Waals surface area contributed by atoms with Crippen LogP contribution in [0.4, 0.5) is 4.39 Å². The molecule has 1 heterocycles. The summed E-state index contributed by atoms with van der Waals surface area (Å²) in [5.41, 5.74) is 1.83. The Balaban J connectivity index is 1.95. The summed E-state index contributed by atoms with van der Waals surface area (Å²) in [4.78, 5) is 12.3. The minimum absolute atomic E-state index is 0.0961. The quantitative estimate of drug-likeness (QED) is 0.647. The molecule has 0 unspecified atom stereocenters. The van der Waals surface area contributed by atoms with Crippen molar-refractivity contribution in [2.24, 2.45) is 0 Å². The number of furan rings is 1. The number of halogens is 2. The summed E-state index contributed by atoms with van der Waals surface area (Å²) < 4.78 is 19.1. The van der Waals surface area contributed by atoms with Crippen LogP contribution in [0.1, 0.15) is 15.9 Å². The molecular formula is C16H10BrFO2. The van der Waals surface area contributed by atoms with E-state index in [1.807, 2.05) is 24.3 Å². The summed E-state index contributed by atoms with van der Waals surface area (Å²) in [5.74, 6) is -0.464. The molecule has 3 rings (SSSR count). The molecule has 3 aromatic rings. The van der Waals surface area contributed by atoms with E-state index in [0.717, 1.165) is 5.39 Å². The highest BCUT2D eigenvalue weighted by Gasteiger charge is 2.16. The van der Waals surface area contributed by atoms with Crippen LogP contribution in [0.25, 0.3) is 11.0 Å². The monoisotopic (exact) mass is 332 g/mol. The Morgan fingerprint density at radius 2 is 1.95 bits per heavy atom. The smallest absolute Gasteiger partial charge is 0.171 e. The molecule has 0 radical (unpaired) electrons. The molecule has 100 valence electrons. The van der Waals surface area contributed by atoms with Crippen molar-refractivity contribution in [1.29, 1.82) is 0 Å². The number of benzene rings is 2. The minimum Gasteiger partial charge on any atom is -0.464 e. The molecule has 1 aromatic heterocycles. The first-order valence-electron chi connectivity index (χ1n) is 6.09. The van der Waals surface area contributed by atoms with Crippen LogP contribution in [0.3, 0.4) is 0 Å². The van der Waals surface area contributed by atoms with Crippen LogP contribution in [-0.2, 0) is 6.42 Å². The maximum atomic E-state index is 13.4. The number of carbonyl (C=O) groups excluding carboxylic acids is 1. The highest BCUT2D eigenvalue weighted by molar-refractivity contribution is 9.10. The van der Waals surface area contributed by atoms with E-state index in [1.165, 1.54) is 12.3 Å². The molecule has 0 saturated heterocycles. The maximum absolute atomic E-state index is 13.4. The lowest BCUT2D eigenvalue weighted by atomic mass is 10.0. The molecule has 0 aliphatic rings. The average Bonchev–Trinajstić information content (AvgIpc) is 2.88. The van der Waals surface area contributed by atoms with Crippen LogP contribution in [0.15, 0.2) is 57.6 Å². The third-order valence-electron chi connectivity index (χ3n) is 3.16. The van der Waals surface area contributed by atoms with Crippen LogP contribution in [0.5, 0.6) is 0 Å². The molecular weight excluding hydrogens is 323 g/mol. The first-order chi connectivity index (χ1) is 9.66. The number of para-hydroxylation sites is 1. The lowest BCUT2D eigenvalue weighted by Crippen LogP contribution is -2.04. The standard InChI is InChI=1S/C16H10BrFO2/c17-16-10(4-3-6-13(16)18)8-14(19)12-9-20-15-7-2-1-5-11(12)15/h1-7,9H,8H2. The average molecular weight is 333 g/mol. The molecule has 0 saturated carbocycles. The highest BCUT2D eigenvalue weighted by Crippen LogP contribution is 2.25. The van der Waals surface area contributed by atoms with Crippen molar-refractivity contribution in [3.05, 3.63) is 70.1 Å². The van der Waals surface area contributed by atoms with Gasteiger partial charge in [0.05, 0.1) is 10.0 Å². The second kappa shape index (κ2) is 5.21. The lowest BCUT2D eigenvalue weighted by molar-refractivity contribution is 0.0993. The molecule has 20 heavy (non-hydrogen) atoms. The van der Waals surface area contributed by atoms with Gasteiger partial charge in [0.1, 0.15) is 17.7 Å². The van der Waals surface area contributed by atoms with Crippen molar-refractivity contribution in [3.63, 3.8) is 0 Å². The van der Waals surface area contributed by atoms with Crippen molar-refractivity contribution in [3.8, 4) is 0 Å². The molecule has 0 spiro atoms. The summed E-state index contributed by atoms with van der Waals surface area (Å²) in [5, 5.41) is 0.782. The van der Waals surface area contributed by atoms with Gasteiger partial charge in [0.2, 0.25) is 0 Å². The van der Waals surface area contributed by atoms with Crippen LogP contribution >= 0.6 is 15.9 Å². The fraction of sp³-hybridized carbons (Fsp3) is 0.0625. The summed E-state index contributed by atoms with van der Waals surface area (Å²) in [6.07, 6.45) is 1.59. The maximum Gasteiger partial charge on any atom is 0.171 e. The van der Waals surface area contributed by atoms with Crippen LogP contribution in [0, 0.1) is 5.82 Å². The van der Waals surface area contributed by atoms with Crippen molar-refractivity contribution in [2.45, 2.75) is 6.42 Å². The summed E-state index contributed by atoms with van der Waals surface area (Å²) in [6, 6.07) is 12.0. The third-order valence-corrected chi connectivity index (χ3v) is 4.05. The fourth-order valence-corrected chi connectivity index (χ4v) is 2.55. The first-order valence-corrected chi connectivity index (χ1v) is 6.88. The predicted molar refractivity (Wildman–Crippen MR) is 78.3 cm³/mol. The van der Waals surface area contributed by atoms with E-state index >= 15 is 0 Å². The van der Waals surface area contributed by atoms with Gasteiger partial charge in [0.25, 0.3) is 0 Å². The van der Waals surface area contributed by atoms with Gasteiger partial charge in [-0.25, -0.2) is 4.39 Å². The van der Waals surface area contributed by atoms with Gasteiger partial charge in [-0.15, -0.1) is 0 Å². The summed E-state index contributed by atoms with van der Waals surface area (Å²) in [6.45, 7) is 0. The molecule has 2 aromatic carbocycles. The van der Waals surface area contributed by atoms with Crippen molar-refractivity contribution < 1.29 is 13.6 Å². The second-order valence-electron chi connectivity index (χ2n) is 4.46. The Bertz CT molecular complexity index is 792. The van der Waals surface area contributed by atoms with E-state index < -0.39 is 0 Å². The zero-order valence-corrected chi connectivity index (χ0v) is 12.0. The van der Waals surface area contributed by atoms with E-state index in [-0.39, 0.29) is 18.0 Å². The van der Waals surface area contributed by atoms with Crippen molar-refractivity contribution in [1.82, 2.24) is 0 Å². The zero-order valence-electron chi connectivity index (χ0n) is 10.4. The van der Waals surface area contributed by atoms with Crippen molar-refractivity contribution >= 4 is 32.7 Å². The molecule has 0 atom stereocenters. The summed E-state index contributed by atoms with van der Waals surface area (Å²) >= 11 is 3.17. The Hall–Kier alpha value is -1.94. The molecule has 2 nitrogen and oxygen atoms in total. The third kappa shape index (κ3) is 2.27. The van der Waals surface area contributed by atoms with Crippen molar-refractivity contribution in [2.75, 3.05) is 0 Å². The van der Waals surface area contributed by atoms with Gasteiger partial charge in [-0.3, -0.25) is 4.79 Å². The number of fused-ring (bicyclic) bond motifs is 1. The predicted octanol–water partition coefficient (Wildman–Crippen LogP) is 4.76. The zero-order chi connectivity index (χ0) is 14.1. The molecule has 4 heteroatoms. The van der Waals surface area contributed by atoms with Crippen LogP contribution in [0.2, 0.25) is 0 Å². The molecule has 0 amide bonds. The molecule has 0 fully saturated rings. The second-order valence-corrected chi connectivity index (χ2v) is 5.25. The van der Waals surface area contributed by atoms with E-state index in [9.17, 15) is 9.18 Å². The molecule has 0 N–H and O–H groups in total.